The van der Waals surface area contributed by atoms with E-state index in [-0.39, 0.29) is 17.6 Å². The molecule has 7 heteroatoms. The summed E-state index contributed by atoms with van der Waals surface area (Å²) >= 11 is 0. The molecule has 104 valence electrons. The first-order valence-electron chi connectivity index (χ1n) is 6.24. The lowest BCUT2D eigenvalue weighted by atomic mass is 10.0. The fourth-order valence-corrected chi connectivity index (χ4v) is 2.39. The number of hydrogen-bond acceptors (Lipinski definition) is 5. The van der Waals surface area contributed by atoms with Crippen molar-refractivity contribution in [2.24, 2.45) is 0 Å². The number of nitrogens with one attached hydrogen (secondary N) is 1. The predicted molar refractivity (Wildman–Crippen MR) is 69.0 cm³/mol. The predicted octanol–water partition coefficient (Wildman–Crippen LogP) is 1.61. The third-order valence-electron chi connectivity index (χ3n) is 3.34. The van der Waals surface area contributed by atoms with Gasteiger partial charge in [-0.05, 0) is 12.5 Å². The van der Waals surface area contributed by atoms with E-state index in [0.717, 1.165) is 0 Å². The standard InChI is InChI=1S/C13H13FN4O2/c1-20-13(19)11-12-15-7-6-10(18(12)17-16-11)8-4-2-3-5-9(8)14/h2-5,10,15H,6-7H2,1H3. The molecule has 1 aromatic heterocycles. The number of anilines is 1. The Morgan fingerprint density at radius 1 is 1.50 bits per heavy atom. The van der Waals surface area contributed by atoms with Crippen LogP contribution in [0.1, 0.15) is 28.5 Å². The molecule has 20 heavy (non-hydrogen) atoms. The van der Waals surface area contributed by atoms with E-state index >= 15 is 0 Å². The van der Waals surface area contributed by atoms with Crippen molar-refractivity contribution >= 4 is 11.8 Å². The first-order valence-corrected chi connectivity index (χ1v) is 6.24. The molecule has 1 aromatic carbocycles. The van der Waals surface area contributed by atoms with Gasteiger partial charge in [-0.2, -0.15) is 0 Å². The quantitative estimate of drug-likeness (QED) is 0.844. The van der Waals surface area contributed by atoms with Crippen LogP contribution in [0.2, 0.25) is 0 Å². The minimum atomic E-state index is -0.562. The summed E-state index contributed by atoms with van der Waals surface area (Å²) in [6.07, 6.45) is 0.665. The summed E-state index contributed by atoms with van der Waals surface area (Å²) in [4.78, 5) is 11.6. The van der Waals surface area contributed by atoms with Gasteiger partial charge < -0.3 is 10.1 Å². The summed E-state index contributed by atoms with van der Waals surface area (Å²) in [6.45, 7) is 0.608. The highest BCUT2D eigenvalue weighted by molar-refractivity contribution is 5.92. The average Bonchev–Trinajstić information content (AvgIpc) is 2.91. The Morgan fingerprint density at radius 2 is 2.30 bits per heavy atom. The Bertz CT molecular complexity index is 656. The van der Waals surface area contributed by atoms with Gasteiger partial charge in [-0.25, -0.2) is 13.9 Å². The van der Waals surface area contributed by atoms with Gasteiger partial charge in [0.05, 0.1) is 13.2 Å². The van der Waals surface area contributed by atoms with Gasteiger partial charge in [0.25, 0.3) is 0 Å². The maximum absolute atomic E-state index is 13.9. The molecule has 0 saturated heterocycles. The van der Waals surface area contributed by atoms with E-state index in [2.05, 4.69) is 20.4 Å². The van der Waals surface area contributed by atoms with Crippen molar-refractivity contribution in [1.29, 1.82) is 0 Å². The molecule has 0 amide bonds. The lowest BCUT2D eigenvalue weighted by molar-refractivity contribution is 0.0595. The topological polar surface area (TPSA) is 69.0 Å². The number of methoxy groups -OCH3 is 1. The van der Waals surface area contributed by atoms with Gasteiger partial charge in [-0.1, -0.05) is 23.4 Å². The summed E-state index contributed by atoms with van der Waals surface area (Å²) in [5.41, 5.74) is 0.658. The van der Waals surface area contributed by atoms with E-state index in [9.17, 15) is 9.18 Å². The molecule has 1 aliphatic heterocycles. The Kier molecular flexibility index (Phi) is 3.09. The molecule has 3 rings (SSSR count). The third-order valence-corrected chi connectivity index (χ3v) is 3.34. The normalized spacial score (nSPS) is 17.2. The van der Waals surface area contributed by atoms with Gasteiger partial charge in [0.2, 0.25) is 5.69 Å². The number of esters is 1. The van der Waals surface area contributed by atoms with Crippen LogP contribution in [0.15, 0.2) is 24.3 Å². The second kappa shape index (κ2) is 4.92. The molecule has 1 aliphatic rings. The number of benzene rings is 1. The number of hydrogen-bond donors (Lipinski definition) is 1. The second-order valence-electron chi connectivity index (χ2n) is 4.48. The average molecular weight is 276 g/mol. The fourth-order valence-electron chi connectivity index (χ4n) is 2.39. The molecule has 1 unspecified atom stereocenters. The Balaban J connectivity index is 2.06. The molecule has 0 radical (unpaired) electrons. The highest BCUT2D eigenvalue weighted by atomic mass is 19.1. The number of carbonyl (C=O) groups excluding carboxylic acids is 1. The molecule has 1 atom stereocenters. The number of carbonyl (C=O) groups is 1. The number of fused-ring (bicyclic) bond motifs is 1. The summed E-state index contributed by atoms with van der Waals surface area (Å²) in [7, 11) is 1.28. The van der Waals surface area contributed by atoms with Crippen molar-refractivity contribution in [3.05, 3.63) is 41.3 Å². The van der Waals surface area contributed by atoms with E-state index in [0.29, 0.717) is 24.3 Å². The van der Waals surface area contributed by atoms with Crippen LogP contribution in [0.3, 0.4) is 0 Å². The zero-order valence-electron chi connectivity index (χ0n) is 10.8. The van der Waals surface area contributed by atoms with Gasteiger partial charge in [0.1, 0.15) is 5.82 Å². The highest BCUT2D eigenvalue weighted by Crippen LogP contribution is 2.31. The molecule has 0 aliphatic carbocycles. The first kappa shape index (κ1) is 12.6. The lowest BCUT2D eigenvalue weighted by Gasteiger charge is -2.25. The highest BCUT2D eigenvalue weighted by Gasteiger charge is 2.30. The van der Waals surface area contributed by atoms with Crippen molar-refractivity contribution in [2.75, 3.05) is 19.0 Å². The Hall–Kier alpha value is -2.44. The van der Waals surface area contributed by atoms with E-state index in [1.807, 2.05) is 0 Å². The fraction of sp³-hybridized carbons (Fsp3) is 0.308. The minimum Gasteiger partial charge on any atom is -0.464 e. The monoisotopic (exact) mass is 276 g/mol. The van der Waals surface area contributed by atoms with Crippen LogP contribution in [0.4, 0.5) is 10.2 Å². The van der Waals surface area contributed by atoms with Crippen molar-refractivity contribution in [2.45, 2.75) is 12.5 Å². The molecule has 1 N–H and O–H groups in total. The Morgan fingerprint density at radius 3 is 3.05 bits per heavy atom. The smallest absolute Gasteiger partial charge is 0.362 e. The SMILES string of the molecule is COC(=O)c1nnn2c1NCCC2c1ccccc1F. The zero-order valence-corrected chi connectivity index (χ0v) is 10.8. The van der Waals surface area contributed by atoms with Gasteiger partial charge in [0, 0.05) is 12.1 Å². The molecule has 0 saturated carbocycles. The molecule has 2 heterocycles. The van der Waals surface area contributed by atoms with E-state index in [1.54, 1.807) is 18.2 Å². The van der Waals surface area contributed by atoms with E-state index in [4.69, 9.17) is 0 Å². The van der Waals surface area contributed by atoms with Crippen LogP contribution >= 0.6 is 0 Å². The maximum atomic E-state index is 13.9. The number of nitrogens with zero attached hydrogens (tertiary/aromatic N) is 3. The summed E-state index contributed by atoms with van der Waals surface area (Å²) in [6, 6.07) is 6.27. The number of ether oxygens (including phenoxy) is 1. The number of halogens is 1. The van der Waals surface area contributed by atoms with Crippen LogP contribution < -0.4 is 5.32 Å². The van der Waals surface area contributed by atoms with Gasteiger partial charge in [-0.15, -0.1) is 5.10 Å². The molecular weight excluding hydrogens is 263 g/mol. The zero-order chi connectivity index (χ0) is 14.1. The van der Waals surface area contributed by atoms with Gasteiger partial charge >= 0.3 is 5.97 Å². The Labute approximate surface area is 114 Å². The van der Waals surface area contributed by atoms with Crippen LogP contribution in [-0.4, -0.2) is 34.6 Å². The van der Waals surface area contributed by atoms with E-state index < -0.39 is 5.97 Å². The maximum Gasteiger partial charge on any atom is 0.362 e. The summed E-state index contributed by atoms with van der Waals surface area (Å²) < 4.78 is 20.1. The summed E-state index contributed by atoms with van der Waals surface area (Å²) in [5.74, 6) is -0.384. The summed E-state index contributed by atoms with van der Waals surface area (Å²) in [5, 5.41) is 10.8. The van der Waals surface area contributed by atoms with Crippen LogP contribution in [-0.2, 0) is 4.74 Å². The van der Waals surface area contributed by atoms with Gasteiger partial charge in [-0.3, -0.25) is 0 Å². The van der Waals surface area contributed by atoms with Crippen molar-refractivity contribution < 1.29 is 13.9 Å². The molecule has 0 spiro atoms. The second-order valence-corrected chi connectivity index (χ2v) is 4.48. The van der Waals surface area contributed by atoms with Crippen molar-refractivity contribution in [3.63, 3.8) is 0 Å². The van der Waals surface area contributed by atoms with Crippen LogP contribution in [0.5, 0.6) is 0 Å². The molecule has 6 nitrogen and oxygen atoms in total. The van der Waals surface area contributed by atoms with Crippen LogP contribution in [0.25, 0.3) is 0 Å². The molecular formula is C13H13FN4O2. The van der Waals surface area contributed by atoms with Gasteiger partial charge in [0.15, 0.2) is 5.82 Å². The van der Waals surface area contributed by atoms with Crippen molar-refractivity contribution in [1.82, 2.24) is 15.0 Å². The van der Waals surface area contributed by atoms with Crippen molar-refractivity contribution in [3.8, 4) is 0 Å². The molecule has 0 bridgehead atoms. The molecule has 2 aromatic rings. The third kappa shape index (κ3) is 1.91. The van der Waals surface area contributed by atoms with E-state index in [1.165, 1.54) is 17.9 Å². The lowest BCUT2D eigenvalue weighted by Crippen LogP contribution is -2.26. The number of aromatic nitrogens is 3. The van der Waals surface area contributed by atoms with Crippen LogP contribution in [0, 0.1) is 5.82 Å². The minimum absolute atomic E-state index is 0.119. The first-order chi connectivity index (χ1) is 9.72. The molecule has 0 fully saturated rings. The largest absolute Gasteiger partial charge is 0.464 e. The number of rotatable bonds is 2.